The Balaban J connectivity index is 0.00000384. The summed E-state index contributed by atoms with van der Waals surface area (Å²) in [6.07, 6.45) is 3.90. The molecule has 5 heterocycles. The number of imidazole rings is 1. The number of anilines is 4. The number of ether oxygens (including phenoxy) is 1. The maximum Gasteiger partial charge on any atom is 2.00 e. The Morgan fingerprint density at radius 1 is 0.667 bits per heavy atom. The van der Waals surface area contributed by atoms with Gasteiger partial charge < -0.3 is 18.8 Å². The van der Waals surface area contributed by atoms with Crippen molar-refractivity contribution in [2.75, 3.05) is 9.62 Å². The van der Waals surface area contributed by atoms with Crippen molar-refractivity contribution in [2.24, 2.45) is 0 Å². The molecule has 8 aromatic rings. The van der Waals surface area contributed by atoms with Crippen LogP contribution in [-0.4, -0.2) is 21.4 Å². The molecule has 0 amide bonds. The standard InChI is InChI=1S/C46H38BN5O.Pt/c1-29-14-12-15-30(2)42(29)47-51(31-16-8-7-9-17-31)38-24-22-33(27-39(38)52(47)41-20-10-11-25-48-41)53-32-21-23-34-35-18-13-19-37-43(35)50-40(46(5,6)45(37,3)4)28-49-44(50)36(34)26-32;/h7-25,28H,1-6H3;/q-2;+2. The predicted octanol–water partition coefficient (Wildman–Crippen LogP) is 10.3. The average molecular weight is 883 g/mol. The molecule has 2 aliphatic heterocycles. The zero-order valence-corrected chi connectivity index (χ0v) is 33.4. The van der Waals surface area contributed by atoms with Crippen molar-refractivity contribution in [3.05, 3.63) is 156 Å². The molecule has 3 aromatic heterocycles. The number of rotatable bonds is 5. The zero-order valence-electron chi connectivity index (χ0n) is 31.1. The van der Waals surface area contributed by atoms with Crippen LogP contribution in [0.4, 0.5) is 22.9 Å². The van der Waals surface area contributed by atoms with Gasteiger partial charge in [0.05, 0.1) is 5.65 Å². The Bertz CT molecular complexity index is 2740. The van der Waals surface area contributed by atoms with E-state index >= 15 is 0 Å². The van der Waals surface area contributed by atoms with E-state index in [1.54, 1.807) is 0 Å². The molecule has 0 fully saturated rings. The van der Waals surface area contributed by atoms with Gasteiger partial charge in [-0.15, -0.1) is 30.3 Å². The molecule has 0 unspecified atom stereocenters. The maximum absolute atomic E-state index is 6.69. The molecule has 0 spiro atoms. The summed E-state index contributed by atoms with van der Waals surface area (Å²) in [5, 5.41) is 3.25. The number of nitrogens with zero attached hydrogens (tertiary/aromatic N) is 5. The third kappa shape index (κ3) is 4.77. The first-order valence-corrected chi connectivity index (χ1v) is 18.3. The van der Waals surface area contributed by atoms with Gasteiger partial charge in [0, 0.05) is 51.6 Å². The van der Waals surface area contributed by atoms with Crippen molar-refractivity contribution in [1.29, 1.82) is 0 Å². The molecule has 6 nitrogen and oxygen atoms in total. The Kier molecular flexibility index (Phi) is 7.85. The number of benzene rings is 5. The first-order valence-electron chi connectivity index (χ1n) is 18.3. The summed E-state index contributed by atoms with van der Waals surface area (Å²) >= 11 is 0. The summed E-state index contributed by atoms with van der Waals surface area (Å²) in [6, 6.07) is 45.5. The SMILES string of the molecule is Cc1cccc(C)c1B1N(c2ccccn2)c2[c-]c(Oc3[c-]c4c(cc3)c3cccc5c3n3c(cnc43)C(C)(C)C5(C)C)ccc2N1c1ccccc1.[Pt+2]. The largest absolute Gasteiger partial charge is 2.00 e. The number of aryl methyl sites for hydroxylation is 2. The van der Waals surface area contributed by atoms with Gasteiger partial charge in [-0.25, -0.2) is 4.98 Å². The molecular weight excluding hydrogens is 844 g/mol. The molecular formula is C46H38BN5OPt. The van der Waals surface area contributed by atoms with Gasteiger partial charge in [0.2, 0.25) is 0 Å². The summed E-state index contributed by atoms with van der Waals surface area (Å²) in [5.74, 6) is 2.05. The van der Waals surface area contributed by atoms with E-state index in [9.17, 15) is 0 Å². The van der Waals surface area contributed by atoms with Gasteiger partial charge in [0.15, 0.2) is 0 Å². The van der Waals surface area contributed by atoms with Crippen molar-refractivity contribution < 1.29 is 25.8 Å². The smallest absolute Gasteiger partial charge is 0.503 e. The Labute approximate surface area is 330 Å². The van der Waals surface area contributed by atoms with Gasteiger partial charge in [-0.05, 0) is 54.5 Å². The van der Waals surface area contributed by atoms with E-state index in [0.717, 1.165) is 39.3 Å². The van der Waals surface area contributed by atoms with Crippen LogP contribution in [0.5, 0.6) is 11.5 Å². The van der Waals surface area contributed by atoms with Crippen LogP contribution >= 0.6 is 0 Å². The molecule has 0 bridgehead atoms. The number of para-hydroxylation sites is 2. The minimum Gasteiger partial charge on any atom is -0.503 e. The van der Waals surface area contributed by atoms with Crippen molar-refractivity contribution in [2.45, 2.75) is 52.4 Å². The molecule has 2 aliphatic rings. The third-order valence-electron chi connectivity index (χ3n) is 12.1. The van der Waals surface area contributed by atoms with E-state index in [1.807, 2.05) is 30.5 Å². The molecule has 0 radical (unpaired) electrons. The van der Waals surface area contributed by atoms with Crippen LogP contribution in [0.25, 0.3) is 27.3 Å². The molecule has 5 aromatic carbocycles. The Hall–Kier alpha value is -5.39. The van der Waals surface area contributed by atoms with Gasteiger partial charge in [0.25, 0.3) is 0 Å². The van der Waals surface area contributed by atoms with E-state index in [2.05, 4.69) is 159 Å². The summed E-state index contributed by atoms with van der Waals surface area (Å²) in [5.41, 5.74) is 11.2. The second-order valence-corrected chi connectivity index (χ2v) is 15.5. The van der Waals surface area contributed by atoms with Crippen molar-refractivity contribution in [3.8, 4) is 11.5 Å². The molecule has 54 heavy (non-hydrogen) atoms. The fourth-order valence-corrected chi connectivity index (χ4v) is 8.77. The first kappa shape index (κ1) is 34.4. The second-order valence-electron chi connectivity index (χ2n) is 15.5. The Morgan fingerprint density at radius 3 is 2.15 bits per heavy atom. The summed E-state index contributed by atoms with van der Waals surface area (Å²) in [4.78, 5) is 14.6. The quantitative estimate of drug-likeness (QED) is 0.0979. The van der Waals surface area contributed by atoms with Crippen LogP contribution in [0, 0.1) is 26.0 Å². The normalized spacial score (nSPS) is 15.3. The first-order chi connectivity index (χ1) is 25.6. The van der Waals surface area contributed by atoms with Crippen LogP contribution in [0.2, 0.25) is 0 Å². The van der Waals surface area contributed by atoms with Gasteiger partial charge in [-0.1, -0.05) is 128 Å². The monoisotopic (exact) mass is 882 g/mol. The fraction of sp³-hybridized carbons (Fsp3) is 0.174. The second kappa shape index (κ2) is 12.3. The van der Waals surface area contributed by atoms with E-state index in [1.165, 1.54) is 38.8 Å². The minimum atomic E-state index is -0.198. The van der Waals surface area contributed by atoms with E-state index in [0.29, 0.717) is 11.5 Å². The van der Waals surface area contributed by atoms with Gasteiger partial charge in [0.1, 0.15) is 5.82 Å². The molecule has 0 aliphatic carbocycles. The number of hydrogen-bond acceptors (Lipinski definition) is 5. The van der Waals surface area contributed by atoms with Crippen LogP contribution in [0.15, 0.2) is 122 Å². The minimum absolute atomic E-state index is 0. The van der Waals surface area contributed by atoms with E-state index in [4.69, 9.17) is 14.7 Å². The Morgan fingerprint density at radius 2 is 1.39 bits per heavy atom. The van der Waals surface area contributed by atoms with Crippen LogP contribution in [-0.2, 0) is 31.9 Å². The summed E-state index contributed by atoms with van der Waals surface area (Å²) in [7, 11) is 0. The molecule has 0 saturated carbocycles. The average Bonchev–Trinajstić information content (AvgIpc) is 3.76. The third-order valence-corrected chi connectivity index (χ3v) is 12.1. The van der Waals surface area contributed by atoms with Crippen molar-refractivity contribution >= 4 is 62.6 Å². The van der Waals surface area contributed by atoms with Gasteiger partial charge in [-0.3, -0.25) is 4.98 Å². The van der Waals surface area contributed by atoms with Gasteiger partial charge in [-0.2, -0.15) is 0 Å². The number of fused-ring (bicyclic) bond motifs is 4. The topological polar surface area (TPSA) is 45.9 Å². The van der Waals surface area contributed by atoms with Crippen LogP contribution in [0.1, 0.15) is 50.1 Å². The van der Waals surface area contributed by atoms with Crippen molar-refractivity contribution in [3.63, 3.8) is 0 Å². The molecule has 0 saturated heterocycles. The summed E-state index contributed by atoms with van der Waals surface area (Å²) in [6.45, 7) is 13.5. The molecule has 10 rings (SSSR count). The van der Waals surface area contributed by atoms with Gasteiger partial charge >= 0.3 is 28.0 Å². The molecule has 8 heteroatoms. The predicted molar refractivity (Wildman–Crippen MR) is 217 cm³/mol. The van der Waals surface area contributed by atoms with Crippen LogP contribution < -0.4 is 19.8 Å². The fourth-order valence-electron chi connectivity index (χ4n) is 8.77. The number of pyridine rings is 2. The summed E-state index contributed by atoms with van der Waals surface area (Å²) < 4.78 is 9.05. The molecule has 0 atom stereocenters. The maximum atomic E-state index is 6.69. The zero-order chi connectivity index (χ0) is 36.2. The van der Waals surface area contributed by atoms with Crippen LogP contribution in [0.3, 0.4) is 0 Å². The van der Waals surface area contributed by atoms with Crippen molar-refractivity contribution in [1.82, 2.24) is 14.4 Å². The van der Waals surface area contributed by atoms with E-state index in [-0.39, 0.29) is 38.9 Å². The molecule has 266 valence electrons. The van der Waals surface area contributed by atoms with E-state index < -0.39 is 0 Å². The number of aromatic nitrogens is 3. The molecule has 0 N–H and O–H groups in total. The number of hydrogen-bond donors (Lipinski definition) is 0.